The Labute approximate surface area is 102 Å². The van der Waals surface area contributed by atoms with Gasteiger partial charge in [0.2, 0.25) is 0 Å². The maximum Gasteiger partial charge on any atom is 0.325 e. The molecule has 0 bridgehead atoms. The fraction of sp³-hybridized carbons (Fsp3) is 0.200. The summed E-state index contributed by atoms with van der Waals surface area (Å²) in [7, 11) is 0. The average molecular weight is 262 g/mol. The fourth-order valence-electron chi connectivity index (χ4n) is 0.979. The molecular weight excluding hydrogens is 253 g/mol. The predicted molar refractivity (Wildman–Crippen MR) is 61.0 cm³/mol. The van der Waals surface area contributed by atoms with Crippen molar-refractivity contribution < 1.29 is 14.7 Å². The lowest BCUT2D eigenvalue weighted by Gasteiger charge is -2.09. The Balaban J connectivity index is 2.81. The molecular formula is C10H9Cl2NO3. The minimum absolute atomic E-state index is 0.247. The van der Waals surface area contributed by atoms with Crippen LogP contribution in [0.5, 0.6) is 0 Å². The van der Waals surface area contributed by atoms with E-state index < -0.39 is 17.9 Å². The quantitative estimate of drug-likeness (QED) is 0.877. The summed E-state index contributed by atoms with van der Waals surface area (Å²) < 4.78 is 0. The van der Waals surface area contributed by atoms with Crippen molar-refractivity contribution in [3.05, 3.63) is 33.8 Å². The van der Waals surface area contributed by atoms with Crippen LogP contribution < -0.4 is 5.32 Å². The van der Waals surface area contributed by atoms with Crippen LogP contribution in [0.15, 0.2) is 18.2 Å². The van der Waals surface area contributed by atoms with Crippen molar-refractivity contribution in [2.45, 2.75) is 13.0 Å². The van der Waals surface area contributed by atoms with Gasteiger partial charge < -0.3 is 10.4 Å². The zero-order chi connectivity index (χ0) is 12.3. The first-order valence-electron chi connectivity index (χ1n) is 4.40. The predicted octanol–water partition coefficient (Wildman–Crippen LogP) is 2.20. The van der Waals surface area contributed by atoms with Gasteiger partial charge in [-0.15, -0.1) is 0 Å². The fourth-order valence-corrected chi connectivity index (χ4v) is 1.28. The van der Waals surface area contributed by atoms with E-state index in [9.17, 15) is 9.59 Å². The SMILES string of the molecule is CC(NC(=O)c1ccc(Cl)c(Cl)c1)C(=O)O. The molecule has 1 rings (SSSR count). The summed E-state index contributed by atoms with van der Waals surface area (Å²) in [6, 6.07) is 3.37. The maximum atomic E-state index is 11.5. The average Bonchev–Trinajstić information content (AvgIpc) is 2.21. The summed E-state index contributed by atoms with van der Waals surface area (Å²) in [6.45, 7) is 1.37. The molecule has 2 N–H and O–H groups in total. The van der Waals surface area contributed by atoms with Crippen LogP contribution in [0.25, 0.3) is 0 Å². The molecule has 0 saturated heterocycles. The summed E-state index contributed by atoms with van der Waals surface area (Å²) in [5.41, 5.74) is 0.266. The number of benzene rings is 1. The van der Waals surface area contributed by atoms with E-state index in [2.05, 4.69) is 5.32 Å². The first-order valence-corrected chi connectivity index (χ1v) is 5.16. The Kier molecular flexibility index (Phi) is 4.15. The van der Waals surface area contributed by atoms with Crippen LogP contribution in [0.3, 0.4) is 0 Å². The highest BCUT2D eigenvalue weighted by Crippen LogP contribution is 2.22. The Bertz CT molecular complexity index is 434. The van der Waals surface area contributed by atoms with Gasteiger partial charge in [-0.3, -0.25) is 9.59 Å². The largest absolute Gasteiger partial charge is 0.480 e. The molecule has 0 aromatic heterocycles. The van der Waals surface area contributed by atoms with Crippen molar-refractivity contribution >= 4 is 35.1 Å². The second-order valence-electron chi connectivity index (χ2n) is 3.16. The number of aliphatic carboxylic acids is 1. The molecule has 1 unspecified atom stereocenters. The molecule has 6 heteroatoms. The molecule has 0 aliphatic carbocycles. The number of halogens is 2. The number of hydrogen-bond acceptors (Lipinski definition) is 2. The molecule has 0 heterocycles. The lowest BCUT2D eigenvalue weighted by atomic mass is 10.2. The van der Waals surface area contributed by atoms with Crippen LogP contribution in [0, 0.1) is 0 Å². The Hall–Kier alpha value is -1.26. The van der Waals surface area contributed by atoms with E-state index in [1.165, 1.54) is 25.1 Å². The molecule has 0 spiro atoms. The van der Waals surface area contributed by atoms with Crippen molar-refractivity contribution in [2.75, 3.05) is 0 Å². The third kappa shape index (κ3) is 3.12. The summed E-state index contributed by atoms with van der Waals surface area (Å²) >= 11 is 11.4. The number of carboxylic acid groups (broad SMARTS) is 1. The third-order valence-electron chi connectivity index (χ3n) is 1.90. The lowest BCUT2D eigenvalue weighted by molar-refractivity contribution is -0.138. The van der Waals surface area contributed by atoms with E-state index >= 15 is 0 Å². The van der Waals surface area contributed by atoms with Gasteiger partial charge in [0.05, 0.1) is 10.0 Å². The summed E-state index contributed by atoms with van der Waals surface area (Å²) in [4.78, 5) is 22.1. The molecule has 0 aliphatic rings. The monoisotopic (exact) mass is 261 g/mol. The topological polar surface area (TPSA) is 66.4 Å². The van der Waals surface area contributed by atoms with Crippen molar-refractivity contribution in [3.8, 4) is 0 Å². The Morgan fingerprint density at radius 2 is 1.94 bits per heavy atom. The van der Waals surface area contributed by atoms with E-state index in [0.29, 0.717) is 5.02 Å². The van der Waals surface area contributed by atoms with Crippen LogP contribution in [0.4, 0.5) is 0 Å². The van der Waals surface area contributed by atoms with E-state index in [1.54, 1.807) is 0 Å². The lowest BCUT2D eigenvalue weighted by Crippen LogP contribution is -2.38. The van der Waals surface area contributed by atoms with Gasteiger partial charge in [-0.05, 0) is 25.1 Å². The van der Waals surface area contributed by atoms with Gasteiger partial charge in [-0.1, -0.05) is 23.2 Å². The van der Waals surface area contributed by atoms with Crippen LogP contribution in [0.2, 0.25) is 10.0 Å². The first kappa shape index (κ1) is 12.8. The number of carboxylic acids is 1. The van der Waals surface area contributed by atoms with Crippen LogP contribution >= 0.6 is 23.2 Å². The number of carbonyl (C=O) groups excluding carboxylic acids is 1. The number of hydrogen-bond donors (Lipinski definition) is 2. The molecule has 0 fully saturated rings. The molecule has 1 aromatic rings. The van der Waals surface area contributed by atoms with E-state index in [1.807, 2.05) is 0 Å². The minimum atomic E-state index is -1.10. The number of rotatable bonds is 3. The highest BCUT2D eigenvalue weighted by atomic mass is 35.5. The summed E-state index contributed by atoms with van der Waals surface area (Å²) in [6.07, 6.45) is 0. The number of nitrogens with one attached hydrogen (secondary N) is 1. The van der Waals surface area contributed by atoms with Gasteiger partial charge in [0.15, 0.2) is 0 Å². The van der Waals surface area contributed by atoms with Crippen molar-refractivity contribution in [1.29, 1.82) is 0 Å². The number of carbonyl (C=O) groups is 2. The standard InChI is InChI=1S/C10H9Cl2NO3/c1-5(10(15)16)13-9(14)6-2-3-7(11)8(12)4-6/h2-5H,1H3,(H,13,14)(H,15,16). The van der Waals surface area contributed by atoms with Crippen molar-refractivity contribution in [1.82, 2.24) is 5.32 Å². The molecule has 86 valence electrons. The second-order valence-corrected chi connectivity index (χ2v) is 3.98. The Morgan fingerprint density at radius 1 is 1.31 bits per heavy atom. The molecule has 1 atom stereocenters. The number of amides is 1. The highest BCUT2D eigenvalue weighted by Gasteiger charge is 2.15. The normalized spacial score (nSPS) is 11.9. The molecule has 0 saturated carbocycles. The van der Waals surface area contributed by atoms with E-state index in [-0.39, 0.29) is 10.6 Å². The smallest absolute Gasteiger partial charge is 0.325 e. The van der Waals surface area contributed by atoms with Crippen LogP contribution in [0.1, 0.15) is 17.3 Å². The molecule has 1 amide bonds. The van der Waals surface area contributed by atoms with Gasteiger partial charge in [-0.2, -0.15) is 0 Å². The molecule has 0 aliphatic heterocycles. The first-order chi connectivity index (χ1) is 7.41. The van der Waals surface area contributed by atoms with E-state index in [0.717, 1.165) is 0 Å². The summed E-state index contributed by atoms with van der Waals surface area (Å²) in [5.74, 6) is -1.61. The van der Waals surface area contributed by atoms with Crippen molar-refractivity contribution in [3.63, 3.8) is 0 Å². The maximum absolute atomic E-state index is 11.5. The second kappa shape index (κ2) is 5.18. The molecule has 0 radical (unpaired) electrons. The van der Waals surface area contributed by atoms with Crippen molar-refractivity contribution in [2.24, 2.45) is 0 Å². The van der Waals surface area contributed by atoms with Gasteiger partial charge in [0, 0.05) is 5.56 Å². The summed E-state index contributed by atoms with van der Waals surface area (Å²) in [5, 5.41) is 11.5. The minimum Gasteiger partial charge on any atom is -0.480 e. The molecule has 16 heavy (non-hydrogen) atoms. The van der Waals surface area contributed by atoms with Gasteiger partial charge >= 0.3 is 5.97 Å². The highest BCUT2D eigenvalue weighted by molar-refractivity contribution is 6.42. The zero-order valence-corrected chi connectivity index (χ0v) is 9.84. The van der Waals surface area contributed by atoms with Gasteiger partial charge in [0.25, 0.3) is 5.91 Å². The van der Waals surface area contributed by atoms with E-state index in [4.69, 9.17) is 28.3 Å². The third-order valence-corrected chi connectivity index (χ3v) is 2.64. The van der Waals surface area contributed by atoms with Crippen LogP contribution in [-0.2, 0) is 4.79 Å². The van der Waals surface area contributed by atoms with Crippen LogP contribution in [-0.4, -0.2) is 23.0 Å². The zero-order valence-electron chi connectivity index (χ0n) is 8.33. The molecule has 1 aromatic carbocycles. The van der Waals surface area contributed by atoms with Gasteiger partial charge in [-0.25, -0.2) is 0 Å². The Morgan fingerprint density at radius 3 is 2.44 bits per heavy atom. The van der Waals surface area contributed by atoms with Gasteiger partial charge in [0.1, 0.15) is 6.04 Å². The molecule has 4 nitrogen and oxygen atoms in total.